The van der Waals surface area contributed by atoms with Crippen molar-refractivity contribution in [2.24, 2.45) is 0 Å². The third kappa shape index (κ3) is 15.8. The topological polar surface area (TPSA) is 247 Å². The summed E-state index contributed by atoms with van der Waals surface area (Å²) >= 11 is 6.47. The lowest BCUT2D eigenvalue weighted by atomic mass is 9.99. The summed E-state index contributed by atoms with van der Waals surface area (Å²) in [5.74, 6) is -1.73. The molecule has 3 amide bonds. The summed E-state index contributed by atoms with van der Waals surface area (Å²) in [7, 11) is 3.81. The number of unbranched alkanes of at least 4 members (excludes halogenated alkanes) is 1. The fraction of sp³-hybridized carbons (Fsp3) is 0.575. The number of methoxy groups -OCH3 is 3. The first kappa shape index (κ1) is 48.6. The van der Waals surface area contributed by atoms with E-state index in [9.17, 15) is 39.3 Å². The smallest absolute Gasteiger partial charge is 0.408 e. The number of aliphatic hydroxyl groups excluding tert-OH is 3. The molecule has 19 heteroatoms. The maximum Gasteiger partial charge on any atom is 0.408 e. The minimum Gasteiger partial charge on any atom is -0.496 e. The molecule has 0 unspecified atom stereocenters. The molecule has 0 aliphatic carbocycles. The van der Waals surface area contributed by atoms with E-state index in [0.717, 1.165) is 11.1 Å². The van der Waals surface area contributed by atoms with Crippen LogP contribution < -0.4 is 25.4 Å². The second kappa shape index (κ2) is 23.8. The fourth-order valence-electron chi connectivity index (χ4n) is 5.85. The van der Waals surface area contributed by atoms with Gasteiger partial charge in [-0.05, 0) is 63.6 Å². The van der Waals surface area contributed by atoms with Crippen LogP contribution in [-0.4, -0.2) is 122 Å². The quantitative estimate of drug-likeness (QED) is 0.0601. The summed E-state index contributed by atoms with van der Waals surface area (Å²) in [5.41, 5.74) is 0.736. The molecule has 0 radical (unpaired) electrons. The van der Waals surface area contributed by atoms with E-state index in [2.05, 4.69) is 16.0 Å². The first-order chi connectivity index (χ1) is 28.0. The maximum absolute atomic E-state index is 13.2. The molecule has 328 valence electrons. The molecule has 0 spiro atoms. The van der Waals surface area contributed by atoms with Crippen molar-refractivity contribution in [3.8, 4) is 11.5 Å². The normalized spacial score (nSPS) is 19.5. The summed E-state index contributed by atoms with van der Waals surface area (Å²) in [6, 6.07) is 9.09. The Morgan fingerprint density at radius 2 is 1.59 bits per heavy atom. The zero-order valence-electron chi connectivity index (χ0n) is 34.1. The number of carbonyl (C=O) groups excluding carboxylic acids is 5. The van der Waals surface area contributed by atoms with Crippen molar-refractivity contribution < 1.29 is 72.5 Å². The Kier molecular flexibility index (Phi) is 19.6. The first-order valence-electron chi connectivity index (χ1n) is 19.0. The molecule has 0 bridgehead atoms. The van der Waals surface area contributed by atoms with E-state index in [1.54, 1.807) is 26.8 Å². The number of hydrogen-bond acceptors (Lipinski definition) is 15. The van der Waals surface area contributed by atoms with E-state index < -0.39 is 67.0 Å². The molecule has 2 aromatic rings. The highest BCUT2D eigenvalue weighted by molar-refractivity contribution is 6.32. The van der Waals surface area contributed by atoms with Gasteiger partial charge in [0, 0.05) is 39.1 Å². The van der Waals surface area contributed by atoms with E-state index in [-0.39, 0.29) is 59.9 Å². The number of halogens is 1. The van der Waals surface area contributed by atoms with Crippen molar-refractivity contribution in [2.75, 3.05) is 34.5 Å². The predicted octanol–water partition coefficient (Wildman–Crippen LogP) is 2.68. The van der Waals surface area contributed by atoms with Gasteiger partial charge in [0.25, 0.3) is 0 Å². The molecule has 6 atom stereocenters. The second-order valence-electron chi connectivity index (χ2n) is 14.6. The minimum atomic E-state index is -1.62. The Morgan fingerprint density at radius 3 is 2.24 bits per heavy atom. The molecule has 1 fully saturated rings. The van der Waals surface area contributed by atoms with Crippen LogP contribution in [-0.2, 0) is 51.2 Å². The molecule has 59 heavy (non-hydrogen) atoms. The Labute approximate surface area is 348 Å². The SMILES string of the molecule is COC(=O)[C@H](CCCCNC(=O)CCCC(=O)NCc1cccc(COc2cc(OC)c(C(=O)O[C@H]3[C@@H](OC)O[C@H](CO)[C@@H](O)[C@@H]3O)cc2Cl)c1)NC(=O)OC(C)(C)C. The molecule has 1 saturated heterocycles. The highest BCUT2D eigenvalue weighted by Crippen LogP contribution is 2.35. The van der Waals surface area contributed by atoms with Gasteiger partial charge in [0.05, 0.1) is 25.8 Å². The van der Waals surface area contributed by atoms with E-state index in [1.807, 2.05) is 18.2 Å². The van der Waals surface area contributed by atoms with E-state index in [1.165, 1.54) is 33.5 Å². The molecule has 6 N–H and O–H groups in total. The number of nitrogens with one attached hydrogen (secondary N) is 3. The number of esters is 2. The van der Waals surface area contributed by atoms with Crippen molar-refractivity contribution >= 4 is 41.4 Å². The van der Waals surface area contributed by atoms with Crippen molar-refractivity contribution in [2.45, 2.75) is 115 Å². The van der Waals surface area contributed by atoms with Gasteiger partial charge in [-0.25, -0.2) is 14.4 Å². The number of amides is 3. The number of hydrogen-bond donors (Lipinski definition) is 6. The third-order valence-electron chi connectivity index (χ3n) is 8.88. The van der Waals surface area contributed by atoms with Crippen LogP contribution in [0.2, 0.25) is 5.02 Å². The molecule has 0 aromatic heterocycles. The molecule has 18 nitrogen and oxygen atoms in total. The summed E-state index contributed by atoms with van der Waals surface area (Å²) < 4.78 is 37.3. The average molecular weight is 854 g/mol. The van der Waals surface area contributed by atoms with Crippen LogP contribution in [0.5, 0.6) is 11.5 Å². The molecule has 3 rings (SSSR count). The van der Waals surface area contributed by atoms with E-state index in [0.29, 0.717) is 32.2 Å². The number of aliphatic hydroxyl groups is 3. The lowest BCUT2D eigenvalue weighted by Crippen LogP contribution is -2.60. The molecular weight excluding hydrogens is 798 g/mol. The standard InChI is InChI=1S/C40H56ClN3O15/c1-40(2,3)59-39(52)44-27(37(51)54-5)13-7-8-16-42-31(46)14-10-15-32(47)43-20-23-11-9-12-24(17-23)22-56-29-19-28(53-4)25(18-26(29)41)36(50)58-35-34(49)33(48)30(21-45)57-38(35)55-6/h9,11-12,17-19,27,30,33-35,38,45,48-49H,7-8,10,13-16,20-22H2,1-6H3,(H,42,46)(H,43,47)(H,44,52)/t27-,30+,33+,34-,35+,38-/m0/s1. The second-order valence-corrected chi connectivity index (χ2v) is 15.0. The fourth-order valence-corrected chi connectivity index (χ4v) is 6.07. The molecule has 1 aliphatic rings. The summed E-state index contributed by atoms with van der Waals surface area (Å²) in [5, 5.41) is 38.4. The van der Waals surface area contributed by atoms with Gasteiger partial charge in [0.15, 0.2) is 12.4 Å². The van der Waals surface area contributed by atoms with Gasteiger partial charge >= 0.3 is 18.0 Å². The third-order valence-corrected chi connectivity index (χ3v) is 9.17. The Balaban J connectivity index is 1.41. The lowest BCUT2D eigenvalue weighted by Gasteiger charge is -2.40. The molecule has 1 heterocycles. The average Bonchev–Trinajstić information content (AvgIpc) is 3.19. The number of carbonyl (C=O) groups is 5. The first-order valence-corrected chi connectivity index (χ1v) is 19.4. The Morgan fingerprint density at radius 1 is 0.898 bits per heavy atom. The van der Waals surface area contributed by atoms with Gasteiger partial charge < -0.3 is 64.4 Å². The lowest BCUT2D eigenvalue weighted by molar-refractivity contribution is -0.293. The van der Waals surface area contributed by atoms with Crippen molar-refractivity contribution in [3.63, 3.8) is 0 Å². The number of benzene rings is 2. The highest BCUT2D eigenvalue weighted by atomic mass is 35.5. The van der Waals surface area contributed by atoms with E-state index in [4.69, 9.17) is 44.8 Å². The minimum absolute atomic E-state index is 0.0500. The van der Waals surface area contributed by atoms with Crippen LogP contribution >= 0.6 is 11.6 Å². The van der Waals surface area contributed by atoms with Gasteiger partial charge in [0.2, 0.25) is 11.8 Å². The van der Waals surface area contributed by atoms with Crippen molar-refractivity contribution in [1.29, 1.82) is 0 Å². The molecule has 1 aliphatic heterocycles. The van der Waals surface area contributed by atoms with Gasteiger partial charge in [-0.1, -0.05) is 35.9 Å². The largest absolute Gasteiger partial charge is 0.496 e. The summed E-state index contributed by atoms with van der Waals surface area (Å²) in [4.78, 5) is 62.1. The van der Waals surface area contributed by atoms with Gasteiger partial charge in [-0.3, -0.25) is 9.59 Å². The van der Waals surface area contributed by atoms with E-state index >= 15 is 0 Å². The predicted molar refractivity (Wildman–Crippen MR) is 210 cm³/mol. The van der Waals surface area contributed by atoms with Crippen LogP contribution in [0.3, 0.4) is 0 Å². The van der Waals surface area contributed by atoms with Crippen LogP contribution in [0.15, 0.2) is 36.4 Å². The molecular formula is C40H56ClN3O15. The summed E-state index contributed by atoms with van der Waals surface area (Å²) in [6.45, 7) is 5.22. The van der Waals surface area contributed by atoms with Gasteiger partial charge in [0.1, 0.15) is 53.6 Å². The zero-order valence-corrected chi connectivity index (χ0v) is 34.9. The van der Waals surface area contributed by atoms with Crippen LogP contribution in [0.25, 0.3) is 0 Å². The zero-order chi connectivity index (χ0) is 43.7. The van der Waals surface area contributed by atoms with Crippen LogP contribution in [0.4, 0.5) is 4.79 Å². The Bertz CT molecular complexity index is 1720. The van der Waals surface area contributed by atoms with Crippen LogP contribution in [0, 0.1) is 0 Å². The van der Waals surface area contributed by atoms with Gasteiger partial charge in [-0.15, -0.1) is 0 Å². The van der Waals surface area contributed by atoms with Gasteiger partial charge in [-0.2, -0.15) is 0 Å². The molecule has 0 saturated carbocycles. The monoisotopic (exact) mass is 853 g/mol. The summed E-state index contributed by atoms with van der Waals surface area (Å²) in [6.07, 6.45) is -5.70. The Hall–Kier alpha value is -4.72. The highest BCUT2D eigenvalue weighted by Gasteiger charge is 2.47. The number of rotatable bonds is 21. The van der Waals surface area contributed by atoms with Crippen molar-refractivity contribution in [3.05, 3.63) is 58.1 Å². The molecule has 2 aromatic carbocycles. The van der Waals surface area contributed by atoms with Crippen molar-refractivity contribution in [1.82, 2.24) is 16.0 Å². The maximum atomic E-state index is 13.2. The number of ether oxygens (including phenoxy) is 7. The number of alkyl carbamates (subject to hydrolysis) is 1. The van der Waals surface area contributed by atoms with Crippen LogP contribution in [0.1, 0.15) is 80.8 Å².